The molecule has 0 aliphatic heterocycles. The molecule has 0 saturated heterocycles. The SMILES string of the molecule is Cc1cc(C(N)=O)c(=O)n(-c2ccc(F)cc2)c1C. The first-order valence-electron chi connectivity index (χ1n) is 5.71. The summed E-state index contributed by atoms with van der Waals surface area (Å²) in [6.45, 7) is 3.53. The number of halogens is 1. The third-order valence-electron chi connectivity index (χ3n) is 3.05. The van der Waals surface area contributed by atoms with Gasteiger partial charge in [0.1, 0.15) is 11.4 Å². The van der Waals surface area contributed by atoms with Gasteiger partial charge in [-0.05, 0) is 49.7 Å². The molecular weight excluding hydrogens is 247 g/mol. The zero-order valence-electron chi connectivity index (χ0n) is 10.6. The van der Waals surface area contributed by atoms with Crippen molar-refractivity contribution in [3.05, 3.63) is 63.3 Å². The second-order valence-corrected chi connectivity index (χ2v) is 4.31. The summed E-state index contributed by atoms with van der Waals surface area (Å²) >= 11 is 0. The van der Waals surface area contributed by atoms with Crippen LogP contribution in [0, 0.1) is 19.7 Å². The molecule has 1 aromatic carbocycles. The Morgan fingerprint density at radius 2 is 1.79 bits per heavy atom. The van der Waals surface area contributed by atoms with E-state index in [4.69, 9.17) is 5.73 Å². The number of nitrogens with two attached hydrogens (primary N) is 1. The van der Waals surface area contributed by atoms with Crippen molar-refractivity contribution in [2.45, 2.75) is 13.8 Å². The molecule has 19 heavy (non-hydrogen) atoms. The molecule has 1 aromatic heterocycles. The van der Waals surface area contributed by atoms with Crippen molar-refractivity contribution in [1.29, 1.82) is 0 Å². The number of benzene rings is 1. The van der Waals surface area contributed by atoms with E-state index >= 15 is 0 Å². The monoisotopic (exact) mass is 260 g/mol. The van der Waals surface area contributed by atoms with Crippen LogP contribution in [0.2, 0.25) is 0 Å². The number of aromatic nitrogens is 1. The van der Waals surface area contributed by atoms with E-state index in [0.717, 1.165) is 5.56 Å². The molecule has 0 bridgehead atoms. The van der Waals surface area contributed by atoms with Gasteiger partial charge in [0, 0.05) is 11.4 Å². The maximum Gasteiger partial charge on any atom is 0.268 e. The van der Waals surface area contributed by atoms with Crippen molar-refractivity contribution < 1.29 is 9.18 Å². The minimum absolute atomic E-state index is 0.0765. The molecule has 2 aromatic rings. The van der Waals surface area contributed by atoms with Crippen LogP contribution in [0.4, 0.5) is 4.39 Å². The number of carbonyl (C=O) groups is 1. The normalized spacial score (nSPS) is 10.5. The lowest BCUT2D eigenvalue weighted by Gasteiger charge is -2.13. The third-order valence-corrected chi connectivity index (χ3v) is 3.05. The Hall–Kier alpha value is -2.43. The van der Waals surface area contributed by atoms with Crippen LogP contribution >= 0.6 is 0 Å². The molecule has 98 valence electrons. The van der Waals surface area contributed by atoms with E-state index in [-0.39, 0.29) is 5.56 Å². The average Bonchev–Trinajstić information content (AvgIpc) is 2.36. The number of hydrogen-bond acceptors (Lipinski definition) is 2. The molecule has 1 amide bonds. The summed E-state index contributed by atoms with van der Waals surface area (Å²) < 4.78 is 14.3. The first kappa shape index (κ1) is 13.0. The zero-order chi connectivity index (χ0) is 14.2. The Kier molecular flexibility index (Phi) is 3.21. The molecule has 2 rings (SSSR count). The van der Waals surface area contributed by atoms with E-state index in [1.807, 2.05) is 0 Å². The molecule has 0 fully saturated rings. The lowest BCUT2D eigenvalue weighted by atomic mass is 10.1. The van der Waals surface area contributed by atoms with Crippen LogP contribution in [0.5, 0.6) is 0 Å². The summed E-state index contributed by atoms with van der Waals surface area (Å²) in [5, 5.41) is 0. The predicted molar refractivity (Wildman–Crippen MR) is 70.0 cm³/mol. The van der Waals surface area contributed by atoms with Crippen LogP contribution < -0.4 is 11.3 Å². The fourth-order valence-corrected chi connectivity index (χ4v) is 1.91. The number of carbonyl (C=O) groups excluding carboxylic acids is 1. The van der Waals surface area contributed by atoms with Crippen LogP contribution in [-0.4, -0.2) is 10.5 Å². The van der Waals surface area contributed by atoms with E-state index in [1.54, 1.807) is 13.8 Å². The van der Waals surface area contributed by atoms with Crippen molar-refractivity contribution in [3.63, 3.8) is 0 Å². The molecule has 0 unspecified atom stereocenters. The first-order chi connectivity index (χ1) is 8.91. The molecule has 0 saturated carbocycles. The number of rotatable bonds is 2. The lowest BCUT2D eigenvalue weighted by molar-refractivity contribution is 0.0998. The summed E-state index contributed by atoms with van der Waals surface area (Å²) in [5.74, 6) is -1.17. The van der Waals surface area contributed by atoms with Crippen molar-refractivity contribution in [3.8, 4) is 5.69 Å². The molecule has 1 heterocycles. The second kappa shape index (κ2) is 4.68. The van der Waals surface area contributed by atoms with Crippen molar-refractivity contribution in [2.75, 3.05) is 0 Å². The number of pyridine rings is 1. The molecule has 0 spiro atoms. The first-order valence-corrected chi connectivity index (χ1v) is 5.71. The van der Waals surface area contributed by atoms with Crippen molar-refractivity contribution in [2.24, 2.45) is 5.73 Å². The number of primary amides is 1. The summed E-state index contributed by atoms with van der Waals surface area (Å²) in [6, 6.07) is 6.95. The van der Waals surface area contributed by atoms with E-state index in [0.29, 0.717) is 11.4 Å². The number of nitrogens with zero attached hydrogens (tertiary/aromatic N) is 1. The maximum atomic E-state index is 12.9. The topological polar surface area (TPSA) is 65.1 Å². The highest BCUT2D eigenvalue weighted by Crippen LogP contribution is 2.13. The third kappa shape index (κ3) is 2.27. The molecule has 2 N–H and O–H groups in total. The molecular formula is C14H13FN2O2. The highest BCUT2D eigenvalue weighted by molar-refractivity contribution is 5.92. The minimum atomic E-state index is -0.774. The standard InChI is InChI=1S/C14H13FN2O2/c1-8-7-12(13(16)18)14(19)17(9(8)2)11-5-3-10(15)4-6-11/h3-7H,1-2H3,(H2,16,18). The van der Waals surface area contributed by atoms with E-state index < -0.39 is 17.3 Å². The number of amides is 1. The predicted octanol–water partition coefficient (Wildman–Crippen LogP) is 1.69. The van der Waals surface area contributed by atoms with Gasteiger partial charge in [-0.2, -0.15) is 0 Å². The fraction of sp³-hybridized carbons (Fsp3) is 0.143. The quantitative estimate of drug-likeness (QED) is 0.893. The summed E-state index contributed by atoms with van der Waals surface area (Å²) in [4.78, 5) is 23.5. The highest BCUT2D eigenvalue weighted by Gasteiger charge is 2.14. The Bertz CT molecular complexity index is 703. The van der Waals surface area contributed by atoms with Gasteiger partial charge in [-0.15, -0.1) is 0 Å². The van der Waals surface area contributed by atoms with E-state index in [2.05, 4.69) is 0 Å². The molecule has 0 atom stereocenters. The van der Waals surface area contributed by atoms with E-state index in [1.165, 1.54) is 34.9 Å². The molecule has 5 heteroatoms. The molecule has 4 nitrogen and oxygen atoms in total. The zero-order valence-corrected chi connectivity index (χ0v) is 10.6. The maximum absolute atomic E-state index is 12.9. The van der Waals surface area contributed by atoms with Gasteiger partial charge in [0.05, 0.1) is 0 Å². The highest BCUT2D eigenvalue weighted by atomic mass is 19.1. The van der Waals surface area contributed by atoms with Crippen LogP contribution in [0.1, 0.15) is 21.6 Å². The molecule has 0 aliphatic rings. The van der Waals surface area contributed by atoms with Crippen LogP contribution in [0.3, 0.4) is 0 Å². The number of hydrogen-bond donors (Lipinski definition) is 1. The largest absolute Gasteiger partial charge is 0.365 e. The Balaban J connectivity index is 2.79. The van der Waals surface area contributed by atoms with E-state index in [9.17, 15) is 14.0 Å². The second-order valence-electron chi connectivity index (χ2n) is 4.31. The number of aryl methyl sites for hydroxylation is 1. The summed E-state index contributed by atoms with van der Waals surface area (Å²) in [7, 11) is 0. The fourth-order valence-electron chi connectivity index (χ4n) is 1.91. The molecule has 0 aliphatic carbocycles. The van der Waals surface area contributed by atoms with Gasteiger partial charge in [-0.1, -0.05) is 0 Å². The smallest absolute Gasteiger partial charge is 0.268 e. The van der Waals surface area contributed by atoms with Crippen LogP contribution in [0.25, 0.3) is 5.69 Å². The van der Waals surface area contributed by atoms with Gasteiger partial charge < -0.3 is 5.73 Å². The Morgan fingerprint density at radius 3 is 2.32 bits per heavy atom. The summed E-state index contributed by atoms with van der Waals surface area (Å²) in [6.07, 6.45) is 0. The van der Waals surface area contributed by atoms with Gasteiger partial charge in [0.2, 0.25) is 0 Å². The van der Waals surface area contributed by atoms with Gasteiger partial charge in [0.15, 0.2) is 0 Å². The van der Waals surface area contributed by atoms with Crippen LogP contribution in [0.15, 0.2) is 35.1 Å². The van der Waals surface area contributed by atoms with Gasteiger partial charge in [0.25, 0.3) is 11.5 Å². The van der Waals surface area contributed by atoms with Gasteiger partial charge >= 0.3 is 0 Å². The minimum Gasteiger partial charge on any atom is -0.365 e. The Labute approximate surface area is 109 Å². The van der Waals surface area contributed by atoms with Gasteiger partial charge in [-0.3, -0.25) is 14.2 Å². The molecule has 0 radical (unpaired) electrons. The van der Waals surface area contributed by atoms with Crippen LogP contribution in [-0.2, 0) is 0 Å². The average molecular weight is 260 g/mol. The summed E-state index contributed by atoms with van der Waals surface area (Å²) in [5.41, 5.74) is 6.56. The van der Waals surface area contributed by atoms with Crippen molar-refractivity contribution >= 4 is 5.91 Å². The van der Waals surface area contributed by atoms with Crippen molar-refractivity contribution in [1.82, 2.24) is 4.57 Å². The van der Waals surface area contributed by atoms with Gasteiger partial charge in [-0.25, -0.2) is 4.39 Å². The Morgan fingerprint density at radius 1 is 1.21 bits per heavy atom. The lowest BCUT2D eigenvalue weighted by Crippen LogP contribution is -2.30.